The first kappa shape index (κ1) is 19.5. The van der Waals surface area contributed by atoms with Crippen LogP contribution in [0.25, 0.3) is 10.9 Å². The van der Waals surface area contributed by atoms with Crippen LogP contribution >= 0.6 is 0 Å². The normalized spacial score (nSPS) is 11.2. The summed E-state index contributed by atoms with van der Waals surface area (Å²) < 4.78 is 1.64. The lowest BCUT2D eigenvalue weighted by molar-refractivity contribution is 0.0678. The van der Waals surface area contributed by atoms with Crippen LogP contribution in [0.1, 0.15) is 35.7 Å². The smallest absolute Gasteiger partial charge is 0.276 e. The van der Waals surface area contributed by atoms with Crippen LogP contribution in [-0.4, -0.2) is 41.8 Å². The lowest BCUT2D eigenvalue weighted by atomic mass is 10.2. The molecule has 0 atom stereocenters. The van der Waals surface area contributed by atoms with Gasteiger partial charge in [0.15, 0.2) is 5.69 Å². The molecule has 8 nitrogen and oxygen atoms in total. The van der Waals surface area contributed by atoms with Gasteiger partial charge >= 0.3 is 0 Å². The number of para-hydroxylation sites is 1. The molecule has 0 spiro atoms. The summed E-state index contributed by atoms with van der Waals surface area (Å²) in [6.45, 7) is 4.52. The molecule has 0 saturated heterocycles. The number of amides is 1. The van der Waals surface area contributed by atoms with Crippen molar-refractivity contribution in [2.24, 2.45) is 0 Å². The Hall–Kier alpha value is -3.81. The van der Waals surface area contributed by atoms with Crippen molar-refractivity contribution in [2.75, 3.05) is 0 Å². The molecule has 4 aromatic rings. The fourth-order valence-electron chi connectivity index (χ4n) is 3.25. The molecule has 0 aliphatic carbocycles. The summed E-state index contributed by atoms with van der Waals surface area (Å²) in [6, 6.07) is 16.9. The van der Waals surface area contributed by atoms with Gasteiger partial charge in [0.2, 0.25) is 0 Å². The largest absolute Gasteiger partial charge is 0.327 e. The standard InChI is InChI=1S/C22H22N6O2/c1-15(2)28(14-20-23-18-11-7-6-10-17(18)21(29)24-20)22(30)19-13-27(26-25-19)12-16-8-4-3-5-9-16/h3-11,13,15H,12,14H2,1-2H3,(H,23,24,29). The van der Waals surface area contributed by atoms with E-state index in [2.05, 4.69) is 20.3 Å². The van der Waals surface area contributed by atoms with Gasteiger partial charge in [0.05, 0.1) is 30.2 Å². The van der Waals surface area contributed by atoms with E-state index < -0.39 is 0 Å². The van der Waals surface area contributed by atoms with Crippen molar-refractivity contribution in [1.82, 2.24) is 29.9 Å². The fraction of sp³-hybridized carbons (Fsp3) is 0.227. The van der Waals surface area contributed by atoms with E-state index in [0.717, 1.165) is 5.56 Å². The first-order valence-electron chi connectivity index (χ1n) is 9.74. The van der Waals surface area contributed by atoms with Crippen molar-refractivity contribution in [2.45, 2.75) is 33.0 Å². The Morgan fingerprint density at radius 3 is 2.60 bits per heavy atom. The first-order chi connectivity index (χ1) is 14.5. The van der Waals surface area contributed by atoms with Crippen molar-refractivity contribution in [3.05, 3.63) is 88.2 Å². The SMILES string of the molecule is CC(C)N(Cc1nc2ccccc2c(=O)[nH]1)C(=O)c1cn(Cc2ccccc2)nn1. The van der Waals surface area contributed by atoms with E-state index in [-0.39, 0.29) is 29.7 Å². The van der Waals surface area contributed by atoms with Gasteiger partial charge in [-0.2, -0.15) is 0 Å². The molecular formula is C22H22N6O2. The topological polar surface area (TPSA) is 96.8 Å². The van der Waals surface area contributed by atoms with Crippen LogP contribution in [0.4, 0.5) is 0 Å². The van der Waals surface area contributed by atoms with Gasteiger partial charge in [-0.25, -0.2) is 9.67 Å². The molecule has 0 fully saturated rings. The molecule has 2 heterocycles. The summed E-state index contributed by atoms with van der Waals surface area (Å²) in [4.78, 5) is 34.3. The van der Waals surface area contributed by atoms with Gasteiger partial charge in [-0.1, -0.05) is 47.7 Å². The molecule has 0 bridgehead atoms. The van der Waals surface area contributed by atoms with Gasteiger partial charge in [-0.15, -0.1) is 5.10 Å². The summed E-state index contributed by atoms with van der Waals surface area (Å²) >= 11 is 0. The third-order valence-corrected chi connectivity index (χ3v) is 4.81. The zero-order chi connectivity index (χ0) is 21.1. The second kappa shape index (κ2) is 8.28. The van der Waals surface area contributed by atoms with Crippen molar-refractivity contribution < 1.29 is 4.79 Å². The average molecular weight is 402 g/mol. The summed E-state index contributed by atoms with van der Waals surface area (Å²) in [5.41, 5.74) is 1.70. The summed E-state index contributed by atoms with van der Waals surface area (Å²) in [7, 11) is 0. The van der Waals surface area contributed by atoms with Gasteiger partial charge in [-0.3, -0.25) is 9.59 Å². The molecule has 4 rings (SSSR count). The molecule has 1 N–H and O–H groups in total. The highest BCUT2D eigenvalue weighted by atomic mass is 16.2. The van der Waals surface area contributed by atoms with E-state index in [4.69, 9.17) is 0 Å². The minimum atomic E-state index is -0.264. The summed E-state index contributed by atoms with van der Waals surface area (Å²) in [5, 5.41) is 8.66. The number of fused-ring (bicyclic) bond motifs is 1. The number of rotatable bonds is 6. The lowest BCUT2D eigenvalue weighted by Crippen LogP contribution is -2.37. The molecule has 0 aliphatic heterocycles. The first-order valence-corrected chi connectivity index (χ1v) is 9.74. The number of nitrogens with zero attached hydrogens (tertiary/aromatic N) is 5. The monoisotopic (exact) mass is 402 g/mol. The Kier molecular flexibility index (Phi) is 5.38. The Morgan fingerprint density at radius 2 is 1.83 bits per heavy atom. The Labute approximate surface area is 173 Å². The van der Waals surface area contributed by atoms with Gasteiger partial charge in [0.25, 0.3) is 11.5 Å². The summed E-state index contributed by atoms with van der Waals surface area (Å²) in [6.07, 6.45) is 1.64. The van der Waals surface area contributed by atoms with Gasteiger partial charge in [0.1, 0.15) is 5.82 Å². The predicted octanol–water partition coefficient (Wildman–Crippen LogP) is 2.61. The maximum Gasteiger partial charge on any atom is 0.276 e. The van der Waals surface area contributed by atoms with E-state index in [1.54, 1.807) is 34.0 Å². The van der Waals surface area contributed by atoms with E-state index in [1.165, 1.54) is 0 Å². The number of hydrogen-bond acceptors (Lipinski definition) is 5. The maximum atomic E-state index is 13.1. The molecule has 2 aromatic heterocycles. The Bertz CT molecular complexity index is 1230. The van der Waals surface area contributed by atoms with Crippen molar-refractivity contribution in [3.8, 4) is 0 Å². The maximum absolute atomic E-state index is 13.1. The molecule has 30 heavy (non-hydrogen) atoms. The fourth-order valence-corrected chi connectivity index (χ4v) is 3.25. The third kappa shape index (κ3) is 4.12. The van der Waals surface area contributed by atoms with Crippen molar-refractivity contribution >= 4 is 16.8 Å². The number of aromatic amines is 1. The molecule has 0 radical (unpaired) electrons. The Morgan fingerprint density at radius 1 is 1.10 bits per heavy atom. The second-order valence-corrected chi connectivity index (χ2v) is 7.34. The van der Waals surface area contributed by atoms with Crippen LogP contribution in [-0.2, 0) is 13.1 Å². The minimum absolute atomic E-state index is 0.117. The average Bonchev–Trinajstić information content (AvgIpc) is 3.20. The molecule has 152 valence electrons. The number of nitrogens with one attached hydrogen (secondary N) is 1. The third-order valence-electron chi connectivity index (χ3n) is 4.81. The molecule has 8 heteroatoms. The lowest BCUT2D eigenvalue weighted by Gasteiger charge is -2.25. The zero-order valence-electron chi connectivity index (χ0n) is 16.8. The van der Waals surface area contributed by atoms with Crippen LogP contribution in [0.3, 0.4) is 0 Å². The van der Waals surface area contributed by atoms with Crippen LogP contribution < -0.4 is 5.56 Å². The van der Waals surface area contributed by atoms with E-state index in [0.29, 0.717) is 23.3 Å². The van der Waals surface area contributed by atoms with E-state index in [9.17, 15) is 9.59 Å². The van der Waals surface area contributed by atoms with Gasteiger partial charge in [0, 0.05) is 6.04 Å². The highest BCUT2D eigenvalue weighted by Gasteiger charge is 2.23. The van der Waals surface area contributed by atoms with Crippen LogP contribution in [0.15, 0.2) is 65.6 Å². The second-order valence-electron chi connectivity index (χ2n) is 7.34. The molecule has 0 aliphatic rings. The zero-order valence-corrected chi connectivity index (χ0v) is 16.8. The highest BCUT2D eigenvalue weighted by molar-refractivity contribution is 5.92. The predicted molar refractivity (Wildman–Crippen MR) is 113 cm³/mol. The Balaban J connectivity index is 1.56. The molecule has 1 amide bonds. The number of benzene rings is 2. The van der Waals surface area contributed by atoms with E-state index >= 15 is 0 Å². The van der Waals surface area contributed by atoms with Crippen LogP contribution in [0.2, 0.25) is 0 Å². The molecule has 0 saturated carbocycles. The molecule has 2 aromatic carbocycles. The number of H-pyrrole nitrogens is 1. The van der Waals surface area contributed by atoms with Crippen molar-refractivity contribution in [1.29, 1.82) is 0 Å². The number of carbonyl (C=O) groups is 1. The van der Waals surface area contributed by atoms with Crippen LogP contribution in [0, 0.1) is 0 Å². The van der Waals surface area contributed by atoms with Gasteiger partial charge in [-0.05, 0) is 31.5 Å². The van der Waals surface area contributed by atoms with Crippen molar-refractivity contribution in [3.63, 3.8) is 0 Å². The van der Waals surface area contributed by atoms with Gasteiger partial charge < -0.3 is 9.88 Å². The highest BCUT2D eigenvalue weighted by Crippen LogP contribution is 2.12. The minimum Gasteiger partial charge on any atom is -0.327 e. The summed E-state index contributed by atoms with van der Waals surface area (Å²) in [5.74, 6) is 0.164. The van der Waals surface area contributed by atoms with Crippen LogP contribution in [0.5, 0.6) is 0 Å². The quantitative estimate of drug-likeness (QED) is 0.535. The number of hydrogen-bond donors (Lipinski definition) is 1. The molecular weight excluding hydrogens is 380 g/mol. The van der Waals surface area contributed by atoms with E-state index in [1.807, 2.05) is 50.2 Å². The number of carbonyl (C=O) groups excluding carboxylic acids is 1. The number of aromatic nitrogens is 5. The molecule has 0 unspecified atom stereocenters.